The van der Waals surface area contributed by atoms with Gasteiger partial charge in [-0.3, -0.25) is 4.79 Å². The van der Waals surface area contributed by atoms with E-state index >= 15 is 0 Å². The van der Waals surface area contributed by atoms with Crippen LogP contribution >= 0.6 is 11.3 Å². The molecule has 0 unspecified atom stereocenters. The van der Waals surface area contributed by atoms with Gasteiger partial charge >= 0.3 is 0 Å². The Morgan fingerprint density at radius 1 is 1.24 bits per heavy atom. The number of nitrogens with zero attached hydrogens (tertiary/aromatic N) is 2. The number of anilines is 1. The molecule has 0 radical (unpaired) electrons. The number of carbonyl (C=O) groups excluding carboxylic acids is 1. The van der Waals surface area contributed by atoms with E-state index in [2.05, 4.69) is 10.3 Å². The van der Waals surface area contributed by atoms with Gasteiger partial charge < -0.3 is 15.2 Å². The number of aliphatic hydroxyl groups is 1. The van der Waals surface area contributed by atoms with Crippen LogP contribution in [-0.4, -0.2) is 55.5 Å². The molecule has 8 nitrogen and oxygen atoms in total. The molecule has 1 aromatic heterocycles. The first-order valence-corrected chi connectivity index (χ1v) is 13.7. The Bertz CT molecular complexity index is 1100. The number of nitrogens with one attached hydrogen (secondary N) is 1. The van der Waals surface area contributed by atoms with E-state index in [1.807, 2.05) is 13.0 Å². The number of benzene rings is 1. The minimum Gasteiger partial charge on any atom is -0.495 e. The highest BCUT2D eigenvalue weighted by Crippen LogP contribution is 2.38. The van der Waals surface area contributed by atoms with Crippen LogP contribution in [0.3, 0.4) is 0 Å². The van der Waals surface area contributed by atoms with Gasteiger partial charge in [-0.2, -0.15) is 4.31 Å². The highest BCUT2D eigenvalue weighted by molar-refractivity contribution is 7.89. The average molecular weight is 494 g/mol. The maximum atomic E-state index is 13.4. The van der Waals surface area contributed by atoms with E-state index in [4.69, 9.17) is 4.74 Å². The minimum atomic E-state index is -3.76. The van der Waals surface area contributed by atoms with E-state index in [9.17, 15) is 18.3 Å². The van der Waals surface area contributed by atoms with Gasteiger partial charge in [0.15, 0.2) is 5.13 Å². The van der Waals surface area contributed by atoms with Crippen molar-refractivity contribution in [3.8, 4) is 16.2 Å². The highest BCUT2D eigenvalue weighted by Gasteiger charge is 2.32. The summed E-state index contributed by atoms with van der Waals surface area (Å²) in [4.78, 5) is 17.9. The zero-order valence-electron chi connectivity index (χ0n) is 19.0. The SMILES string of the molecule is COc1ccc(-c2sc(NC(=O)C3CCCC3)nc2C)cc1S(=O)(=O)N1CCC(CO)CC1. The average Bonchev–Trinajstić information content (AvgIpc) is 3.49. The van der Waals surface area contributed by atoms with Crippen LogP contribution in [0.15, 0.2) is 23.1 Å². The number of sulfonamides is 1. The number of hydrogen-bond acceptors (Lipinski definition) is 7. The Kier molecular flexibility index (Phi) is 7.37. The number of hydrogen-bond donors (Lipinski definition) is 2. The topological polar surface area (TPSA) is 109 Å². The number of methoxy groups -OCH3 is 1. The lowest BCUT2D eigenvalue weighted by molar-refractivity contribution is -0.119. The summed E-state index contributed by atoms with van der Waals surface area (Å²) in [5.41, 5.74) is 1.45. The lowest BCUT2D eigenvalue weighted by Gasteiger charge is -2.30. The molecule has 0 bridgehead atoms. The quantitative estimate of drug-likeness (QED) is 0.609. The molecule has 2 aliphatic rings. The largest absolute Gasteiger partial charge is 0.495 e. The Labute approximate surface area is 199 Å². The number of piperidine rings is 1. The first-order valence-electron chi connectivity index (χ1n) is 11.4. The molecular formula is C23H31N3O5S2. The summed E-state index contributed by atoms with van der Waals surface area (Å²) in [7, 11) is -2.30. The monoisotopic (exact) mass is 493 g/mol. The number of amides is 1. The van der Waals surface area contributed by atoms with Gasteiger partial charge in [0.2, 0.25) is 15.9 Å². The summed E-state index contributed by atoms with van der Waals surface area (Å²) in [6.07, 6.45) is 5.27. The minimum absolute atomic E-state index is 0.0112. The third-order valence-corrected chi connectivity index (χ3v) is 9.67. The molecule has 10 heteroatoms. The molecular weight excluding hydrogens is 462 g/mol. The van der Waals surface area contributed by atoms with Crippen molar-refractivity contribution in [2.24, 2.45) is 11.8 Å². The maximum absolute atomic E-state index is 13.4. The second-order valence-corrected chi connectivity index (χ2v) is 11.7. The number of thiazole rings is 1. The fourth-order valence-electron chi connectivity index (χ4n) is 4.60. The fourth-order valence-corrected chi connectivity index (χ4v) is 7.22. The molecule has 1 aliphatic heterocycles. The van der Waals surface area contributed by atoms with Gasteiger partial charge in [-0.15, -0.1) is 0 Å². The van der Waals surface area contributed by atoms with Crippen LogP contribution in [0.25, 0.3) is 10.4 Å². The van der Waals surface area contributed by atoms with E-state index in [0.717, 1.165) is 41.8 Å². The molecule has 4 rings (SSSR count). The zero-order chi connectivity index (χ0) is 23.6. The van der Waals surface area contributed by atoms with E-state index in [-0.39, 0.29) is 29.2 Å². The second-order valence-electron chi connectivity index (χ2n) is 8.80. The van der Waals surface area contributed by atoms with Crippen molar-refractivity contribution >= 4 is 32.4 Å². The summed E-state index contributed by atoms with van der Waals surface area (Å²) in [6.45, 7) is 2.68. The molecule has 1 saturated carbocycles. The van der Waals surface area contributed by atoms with Crippen LogP contribution < -0.4 is 10.1 Å². The van der Waals surface area contributed by atoms with Crippen LogP contribution in [0, 0.1) is 18.8 Å². The Morgan fingerprint density at radius 2 is 1.94 bits per heavy atom. The van der Waals surface area contributed by atoms with E-state index in [0.29, 0.717) is 36.8 Å². The summed E-state index contributed by atoms with van der Waals surface area (Å²) >= 11 is 1.35. The van der Waals surface area contributed by atoms with Gasteiger partial charge in [0, 0.05) is 25.6 Å². The van der Waals surface area contributed by atoms with Gasteiger partial charge in [0.1, 0.15) is 10.6 Å². The third kappa shape index (κ3) is 5.08. The van der Waals surface area contributed by atoms with Gasteiger partial charge in [0.25, 0.3) is 0 Å². The number of aromatic nitrogens is 1. The predicted octanol–water partition coefficient (Wildman–Crippen LogP) is 3.65. The molecule has 1 aromatic carbocycles. The van der Waals surface area contributed by atoms with Gasteiger partial charge in [-0.1, -0.05) is 24.2 Å². The first-order chi connectivity index (χ1) is 15.8. The third-order valence-electron chi connectivity index (χ3n) is 6.63. The molecule has 2 heterocycles. The van der Waals surface area contributed by atoms with E-state index in [1.54, 1.807) is 12.1 Å². The summed E-state index contributed by atoms with van der Waals surface area (Å²) in [5.74, 6) is 0.491. The maximum Gasteiger partial charge on any atom is 0.246 e. The lowest BCUT2D eigenvalue weighted by atomic mass is 10.00. The van der Waals surface area contributed by atoms with Crippen molar-refractivity contribution in [1.82, 2.24) is 9.29 Å². The Morgan fingerprint density at radius 3 is 2.58 bits per heavy atom. The Balaban J connectivity index is 1.60. The van der Waals surface area contributed by atoms with Crippen LogP contribution in [0.1, 0.15) is 44.2 Å². The van der Waals surface area contributed by atoms with Gasteiger partial charge in [0.05, 0.1) is 17.7 Å². The molecule has 1 saturated heterocycles. The number of carbonyl (C=O) groups is 1. The number of aryl methyl sites for hydroxylation is 1. The molecule has 2 N–H and O–H groups in total. The van der Waals surface area contributed by atoms with Crippen molar-refractivity contribution in [1.29, 1.82) is 0 Å². The van der Waals surface area contributed by atoms with Crippen LogP contribution in [0.4, 0.5) is 5.13 Å². The molecule has 1 amide bonds. The van der Waals surface area contributed by atoms with Crippen molar-refractivity contribution in [2.75, 3.05) is 32.1 Å². The van der Waals surface area contributed by atoms with Crippen LogP contribution in [0.2, 0.25) is 0 Å². The van der Waals surface area contributed by atoms with Gasteiger partial charge in [-0.05, 0) is 62.3 Å². The van der Waals surface area contributed by atoms with Crippen molar-refractivity contribution < 1.29 is 23.1 Å². The number of rotatable bonds is 7. The summed E-state index contributed by atoms with van der Waals surface area (Å²) < 4.78 is 33.7. The van der Waals surface area contributed by atoms with E-state index in [1.165, 1.54) is 22.8 Å². The Hall–Kier alpha value is -2.01. The van der Waals surface area contributed by atoms with Crippen LogP contribution in [0.5, 0.6) is 5.75 Å². The second kappa shape index (κ2) is 10.1. The normalized spacial score (nSPS) is 18.5. The standard InChI is InChI=1S/C23H31N3O5S2/c1-15-21(32-23(24-15)25-22(28)17-5-3-4-6-17)18-7-8-19(31-2)20(13-18)33(29,30)26-11-9-16(14-27)10-12-26/h7-8,13,16-17,27H,3-6,9-12,14H2,1-2H3,(H,24,25,28). The highest BCUT2D eigenvalue weighted by atomic mass is 32.2. The predicted molar refractivity (Wildman–Crippen MR) is 128 cm³/mol. The van der Waals surface area contributed by atoms with Crippen molar-refractivity contribution in [3.05, 3.63) is 23.9 Å². The summed E-state index contributed by atoms with van der Waals surface area (Å²) in [6, 6.07) is 5.12. The smallest absolute Gasteiger partial charge is 0.246 e. The molecule has 1 aliphatic carbocycles. The van der Waals surface area contributed by atoms with E-state index < -0.39 is 10.0 Å². The molecule has 2 fully saturated rings. The molecule has 2 aromatic rings. The molecule has 180 valence electrons. The molecule has 0 atom stereocenters. The summed E-state index contributed by atoms with van der Waals surface area (Å²) in [5, 5.41) is 12.8. The van der Waals surface area contributed by atoms with Crippen molar-refractivity contribution in [2.45, 2.75) is 50.3 Å². The first kappa shape index (κ1) is 24.1. The van der Waals surface area contributed by atoms with Gasteiger partial charge in [-0.25, -0.2) is 13.4 Å². The van der Waals surface area contributed by atoms with Crippen LogP contribution in [-0.2, 0) is 14.8 Å². The number of aliphatic hydroxyl groups excluding tert-OH is 1. The van der Waals surface area contributed by atoms with Crippen molar-refractivity contribution in [3.63, 3.8) is 0 Å². The molecule has 33 heavy (non-hydrogen) atoms. The lowest BCUT2D eigenvalue weighted by Crippen LogP contribution is -2.39. The fraction of sp³-hybridized carbons (Fsp3) is 0.565. The number of ether oxygens (including phenoxy) is 1. The molecule has 0 spiro atoms. The zero-order valence-corrected chi connectivity index (χ0v) is 20.7.